The molecule has 1 amide bonds. The number of sulfone groups is 1. The van der Waals surface area contributed by atoms with Crippen molar-refractivity contribution in [3.8, 4) is 0 Å². The van der Waals surface area contributed by atoms with E-state index in [1.165, 1.54) is 25.1 Å². The zero-order valence-corrected chi connectivity index (χ0v) is 14.6. The highest BCUT2D eigenvalue weighted by molar-refractivity contribution is 7.92. The second-order valence-corrected chi connectivity index (χ2v) is 8.76. The molecule has 1 aromatic rings. The monoisotopic (exact) mass is 341 g/mol. The van der Waals surface area contributed by atoms with Crippen molar-refractivity contribution in [1.29, 1.82) is 0 Å². The van der Waals surface area contributed by atoms with Crippen LogP contribution in [0.5, 0.6) is 0 Å². The third-order valence-electron chi connectivity index (χ3n) is 4.66. The Hall–Kier alpha value is -1.43. The zero-order valence-electron chi connectivity index (χ0n) is 13.8. The summed E-state index contributed by atoms with van der Waals surface area (Å²) in [5.74, 6) is -1.36. The summed E-state index contributed by atoms with van der Waals surface area (Å²) in [6, 6.07) is 5.65. The van der Waals surface area contributed by atoms with Crippen LogP contribution in [0.25, 0.3) is 0 Å². The Morgan fingerprint density at radius 3 is 2.48 bits per heavy atom. The van der Waals surface area contributed by atoms with Gasteiger partial charge in [0.1, 0.15) is 11.6 Å². The van der Waals surface area contributed by atoms with E-state index in [-0.39, 0.29) is 18.0 Å². The summed E-state index contributed by atoms with van der Waals surface area (Å²) in [4.78, 5) is 14.2. The normalized spacial score (nSPS) is 23.6. The van der Waals surface area contributed by atoms with Crippen molar-refractivity contribution in [2.75, 3.05) is 5.75 Å². The first-order chi connectivity index (χ1) is 10.7. The Kier molecular flexibility index (Phi) is 5.45. The Balaban J connectivity index is 2.15. The molecule has 6 heteroatoms. The van der Waals surface area contributed by atoms with E-state index in [0.29, 0.717) is 5.56 Å². The molecular formula is C17H24FNO3S. The number of carbonyl (C=O) groups excluding carboxylic acids is 1. The predicted molar refractivity (Wildman–Crippen MR) is 88.2 cm³/mol. The molecule has 0 spiro atoms. The van der Waals surface area contributed by atoms with Gasteiger partial charge in [0.05, 0.1) is 5.25 Å². The molecule has 1 aromatic carbocycles. The Bertz CT molecular complexity index is 664. The largest absolute Gasteiger partial charge is 0.336 e. The number of hydrogen-bond donors (Lipinski definition) is 0. The highest BCUT2D eigenvalue weighted by Gasteiger charge is 2.33. The summed E-state index contributed by atoms with van der Waals surface area (Å²) in [5.41, 5.74) is 0.373. The van der Waals surface area contributed by atoms with Crippen LogP contribution in [-0.2, 0) is 14.6 Å². The molecule has 1 aliphatic rings. The molecule has 0 aliphatic carbocycles. The molecule has 1 saturated heterocycles. The number of carbonyl (C=O) groups is 1. The SMILES string of the molecule is C[C@@H]1CCC[C@@H](C)N1C(=O)CS(=O)(=O)[C@@H](C)c1cccc(F)c1. The first-order valence-electron chi connectivity index (χ1n) is 8.00. The summed E-state index contributed by atoms with van der Waals surface area (Å²) in [6.45, 7) is 5.41. The van der Waals surface area contributed by atoms with Gasteiger partial charge >= 0.3 is 0 Å². The smallest absolute Gasteiger partial charge is 0.238 e. The van der Waals surface area contributed by atoms with Crippen molar-refractivity contribution in [2.45, 2.75) is 57.4 Å². The fourth-order valence-electron chi connectivity index (χ4n) is 3.25. The van der Waals surface area contributed by atoms with Gasteiger partial charge in [0.2, 0.25) is 5.91 Å². The summed E-state index contributed by atoms with van der Waals surface area (Å²) < 4.78 is 38.4. The molecule has 0 saturated carbocycles. The first-order valence-corrected chi connectivity index (χ1v) is 9.72. The molecule has 1 aliphatic heterocycles. The number of halogens is 1. The van der Waals surface area contributed by atoms with Crippen molar-refractivity contribution in [3.05, 3.63) is 35.6 Å². The minimum Gasteiger partial charge on any atom is -0.336 e. The lowest BCUT2D eigenvalue weighted by molar-refractivity contribution is -0.134. The van der Waals surface area contributed by atoms with E-state index < -0.39 is 26.7 Å². The van der Waals surface area contributed by atoms with Gasteiger partial charge < -0.3 is 4.90 Å². The van der Waals surface area contributed by atoms with E-state index in [4.69, 9.17) is 0 Å². The zero-order chi connectivity index (χ0) is 17.2. The van der Waals surface area contributed by atoms with Crippen LogP contribution >= 0.6 is 0 Å². The van der Waals surface area contributed by atoms with E-state index in [9.17, 15) is 17.6 Å². The lowest BCUT2D eigenvalue weighted by Crippen LogP contribution is -2.49. The molecular weight excluding hydrogens is 317 g/mol. The number of piperidine rings is 1. The lowest BCUT2D eigenvalue weighted by atomic mass is 9.98. The van der Waals surface area contributed by atoms with Crippen molar-refractivity contribution >= 4 is 15.7 Å². The summed E-state index contributed by atoms with van der Waals surface area (Å²) in [5, 5.41) is -0.905. The van der Waals surface area contributed by atoms with Crippen LogP contribution < -0.4 is 0 Å². The van der Waals surface area contributed by atoms with Gasteiger partial charge in [-0.05, 0) is 57.7 Å². The maximum atomic E-state index is 13.3. The molecule has 0 aromatic heterocycles. The second-order valence-electron chi connectivity index (χ2n) is 6.43. The topological polar surface area (TPSA) is 54.5 Å². The predicted octanol–water partition coefficient (Wildman–Crippen LogP) is 3.09. The van der Waals surface area contributed by atoms with E-state index in [1.54, 1.807) is 11.0 Å². The molecule has 128 valence electrons. The minimum absolute atomic E-state index is 0.0610. The fourth-order valence-corrected chi connectivity index (χ4v) is 4.56. The minimum atomic E-state index is -3.68. The molecule has 3 atom stereocenters. The number of amides is 1. The van der Waals surface area contributed by atoms with Crippen LogP contribution in [-0.4, -0.2) is 37.1 Å². The van der Waals surface area contributed by atoms with Crippen LogP contribution in [0.3, 0.4) is 0 Å². The van der Waals surface area contributed by atoms with Crippen molar-refractivity contribution in [2.24, 2.45) is 0 Å². The third-order valence-corrected chi connectivity index (χ3v) is 6.66. The average molecular weight is 341 g/mol. The molecule has 0 unspecified atom stereocenters. The number of benzene rings is 1. The first kappa shape index (κ1) is 17.9. The number of rotatable bonds is 4. The molecule has 23 heavy (non-hydrogen) atoms. The Morgan fingerprint density at radius 2 is 1.91 bits per heavy atom. The summed E-state index contributed by atoms with van der Waals surface area (Å²) in [7, 11) is -3.68. The number of hydrogen-bond acceptors (Lipinski definition) is 3. The van der Waals surface area contributed by atoms with Crippen LogP contribution in [0.2, 0.25) is 0 Å². The molecule has 0 bridgehead atoms. The van der Waals surface area contributed by atoms with Crippen LogP contribution in [0.1, 0.15) is 50.8 Å². The van der Waals surface area contributed by atoms with Crippen LogP contribution in [0, 0.1) is 5.82 Å². The summed E-state index contributed by atoms with van der Waals surface area (Å²) >= 11 is 0. The van der Waals surface area contributed by atoms with Crippen LogP contribution in [0.15, 0.2) is 24.3 Å². The molecule has 2 rings (SSSR count). The quantitative estimate of drug-likeness (QED) is 0.846. The van der Waals surface area contributed by atoms with Gasteiger partial charge in [-0.3, -0.25) is 4.79 Å². The molecule has 1 fully saturated rings. The molecule has 0 N–H and O–H groups in total. The standard InChI is InChI=1S/C17H24FNO3S/c1-12-6-4-7-13(2)19(12)17(20)11-23(21,22)14(3)15-8-5-9-16(18)10-15/h5,8-10,12-14H,4,6-7,11H2,1-3H3/t12-,13-,14+/m1/s1. The van der Waals surface area contributed by atoms with Gasteiger partial charge in [0.15, 0.2) is 9.84 Å². The summed E-state index contributed by atoms with van der Waals surface area (Å²) in [6.07, 6.45) is 2.85. The van der Waals surface area contributed by atoms with Crippen molar-refractivity contribution < 1.29 is 17.6 Å². The van der Waals surface area contributed by atoms with Gasteiger partial charge in [0.25, 0.3) is 0 Å². The molecule has 0 radical (unpaired) electrons. The Morgan fingerprint density at radius 1 is 1.30 bits per heavy atom. The second kappa shape index (κ2) is 6.99. The van der Waals surface area contributed by atoms with E-state index in [1.807, 2.05) is 13.8 Å². The third kappa shape index (κ3) is 4.10. The highest BCUT2D eigenvalue weighted by Crippen LogP contribution is 2.26. The van der Waals surface area contributed by atoms with Crippen molar-refractivity contribution in [1.82, 2.24) is 4.90 Å². The molecule has 1 heterocycles. The number of likely N-dealkylation sites (tertiary alicyclic amines) is 1. The van der Waals surface area contributed by atoms with Crippen LogP contribution in [0.4, 0.5) is 4.39 Å². The van der Waals surface area contributed by atoms with Gasteiger partial charge in [-0.25, -0.2) is 12.8 Å². The molecule has 4 nitrogen and oxygen atoms in total. The van der Waals surface area contributed by atoms with E-state index in [2.05, 4.69) is 0 Å². The maximum Gasteiger partial charge on any atom is 0.238 e. The van der Waals surface area contributed by atoms with E-state index in [0.717, 1.165) is 19.3 Å². The fraction of sp³-hybridized carbons (Fsp3) is 0.588. The average Bonchev–Trinajstić information content (AvgIpc) is 2.45. The maximum absolute atomic E-state index is 13.3. The van der Waals surface area contributed by atoms with Gasteiger partial charge in [0, 0.05) is 12.1 Å². The van der Waals surface area contributed by atoms with E-state index >= 15 is 0 Å². The highest BCUT2D eigenvalue weighted by atomic mass is 32.2. The van der Waals surface area contributed by atoms with Gasteiger partial charge in [-0.15, -0.1) is 0 Å². The van der Waals surface area contributed by atoms with Gasteiger partial charge in [-0.1, -0.05) is 12.1 Å². The Labute approximate surface area is 137 Å². The lowest BCUT2D eigenvalue weighted by Gasteiger charge is -2.39. The number of nitrogens with zero attached hydrogens (tertiary/aromatic N) is 1. The van der Waals surface area contributed by atoms with Gasteiger partial charge in [-0.2, -0.15) is 0 Å². The van der Waals surface area contributed by atoms with Crippen molar-refractivity contribution in [3.63, 3.8) is 0 Å².